The maximum Gasteiger partial charge on any atom is 0.243 e. The number of benzene rings is 1. The van der Waals surface area contributed by atoms with E-state index in [1.807, 2.05) is 20.8 Å². The zero-order chi connectivity index (χ0) is 18.6. The van der Waals surface area contributed by atoms with E-state index in [0.29, 0.717) is 31.1 Å². The molecule has 0 bridgehead atoms. The van der Waals surface area contributed by atoms with E-state index in [2.05, 4.69) is 5.32 Å². The Morgan fingerprint density at radius 2 is 1.88 bits per heavy atom. The number of carbonyl (C=O) groups is 1. The van der Waals surface area contributed by atoms with Crippen molar-refractivity contribution in [3.8, 4) is 5.75 Å². The summed E-state index contributed by atoms with van der Waals surface area (Å²) in [5.74, 6) is 0.586. The predicted octanol–water partition coefficient (Wildman–Crippen LogP) is 2.26. The lowest BCUT2D eigenvalue weighted by molar-refractivity contribution is -0.127. The van der Waals surface area contributed by atoms with Crippen LogP contribution in [-0.2, 0) is 14.8 Å². The molecule has 140 valence electrons. The van der Waals surface area contributed by atoms with Crippen molar-refractivity contribution in [2.24, 2.45) is 11.8 Å². The predicted molar refractivity (Wildman–Crippen MR) is 96.9 cm³/mol. The van der Waals surface area contributed by atoms with Crippen molar-refractivity contribution in [3.05, 3.63) is 24.3 Å². The summed E-state index contributed by atoms with van der Waals surface area (Å²) in [7, 11) is -2.06. The highest BCUT2D eigenvalue weighted by molar-refractivity contribution is 7.89. The summed E-state index contributed by atoms with van der Waals surface area (Å²) in [5, 5.41) is 3.00. The van der Waals surface area contributed by atoms with Crippen LogP contribution in [0.5, 0.6) is 5.75 Å². The van der Waals surface area contributed by atoms with Crippen LogP contribution in [0.15, 0.2) is 29.2 Å². The van der Waals surface area contributed by atoms with E-state index in [-0.39, 0.29) is 29.3 Å². The molecule has 0 spiro atoms. The molecule has 0 saturated carbocycles. The fourth-order valence-electron chi connectivity index (χ4n) is 2.78. The van der Waals surface area contributed by atoms with Gasteiger partial charge in [0.25, 0.3) is 0 Å². The molecule has 1 aromatic carbocycles. The molecule has 2 rings (SSSR count). The molecule has 1 amide bonds. The quantitative estimate of drug-likeness (QED) is 0.836. The number of nitrogens with one attached hydrogen (secondary N) is 1. The Morgan fingerprint density at radius 3 is 2.44 bits per heavy atom. The molecule has 1 fully saturated rings. The summed E-state index contributed by atoms with van der Waals surface area (Å²) in [6.07, 6.45) is 1.40. The summed E-state index contributed by atoms with van der Waals surface area (Å²) in [5.41, 5.74) is 0. The van der Waals surface area contributed by atoms with Crippen LogP contribution in [0.25, 0.3) is 0 Å². The Bertz CT molecular complexity index is 686. The lowest BCUT2D eigenvalue weighted by Crippen LogP contribution is -2.47. The Hall–Kier alpha value is -1.60. The zero-order valence-electron chi connectivity index (χ0n) is 15.4. The second-order valence-corrected chi connectivity index (χ2v) is 8.86. The number of rotatable bonds is 6. The van der Waals surface area contributed by atoms with Crippen molar-refractivity contribution in [2.75, 3.05) is 20.2 Å². The van der Waals surface area contributed by atoms with Crippen molar-refractivity contribution < 1.29 is 17.9 Å². The lowest BCUT2D eigenvalue weighted by Gasteiger charge is -2.32. The summed E-state index contributed by atoms with van der Waals surface area (Å²) < 4.78 is 32.2. The van der Waals surface area contributed by atoms with Gasteiger partial charge in [0.15, 0.2) is 0 Å². The van der Waals surface area contributed by atoms with Crippen molar-refractivity contribution in [1.29, 1.82) is 0 Å². The molecule has 1 heterocycles. The summed E-state index contributed by atoms with van der Waals surface area (Å²) in [4.78, 5) is 12.7. The van der Waals surface area contributed by atoms with Crippen molar-refractivity contribution in [1.82, 2.24) is 9.62 Å². The van der Waals surface area contributed by atoms with Crippen LogP contribution in [0.1, 0.15) is 33.6 Å². The van der Waals surface area contributed by atoms with Gasteiger partial charge in [-0.05, 0) is 49.9 Å². The first kappa shape index (κ1) is 19.7. The highest BCUT2D eigenvalue weighted by Crippen LogP contribution is 2.25. The van der Waals surface area contributed by atoms with Gasteiger partial charge < -0.3 is 10.1 Å². The molecule has 1 saturated heterocycles. The molecule has 25 heavy (non-hydrogen) atoms. The van der Waals surface area contributed by atoms with E-state index in [1.54, 1.807) is 24.3 Å². The third kappa shape index (κ3) is 4.73. The zero-order valence-corrected chi connectivity index (χ0v) is 16.2. The number of sulfonamides is 1. The van der Waals surface area contributed by atoms with Crippen LogP contribution in [0.3, 0.4) is 0 Å². The molecule has 1 aromatic rings. The van der Waals surface area contributed by atoms with E-state index in [0.717, 1.165) is 0 Å². The van der Waals surface area contributed by atoms with Gasteiger partial charge in [-0.2, -0.15) is 4.31 Å². The number of hydrogen-bond donors (Lipinski definition) is 1. The van der Waals surface area contributed by atoms with Gasteiger partial charge >= 0.3 is 0 Å². The Labute approximate surface area is 150 Å². The molecule has 0 radical (unpaired) electrons. The molecule has 0 unspecified atom stereocenters. The fourth-order valence-corrected chi connectivity index (χ4v) is 4.30. The number of nitrogens with zero attached hydrogens (tertiary/aromatic N) is 1. The van der Waals surface area contributed by atoms with Crippen molar-refractivity contribution >= 4 is 15.9 Å². The number of hydrogen-bond acceptors (Lipinski definition) is 4. The lowest BCUT2D eigenvalue weighted by atomic mass is 9.97. The molecule has 6 nitrogen and oxygen atoms in total. The minimum atomic E-state index is -3.60. The third-order valence-corrected chi connectivity index (χ3v) is 6.70. The molecular formula is C18H28N2O4S. The molecule has 1 aliphatic heterocycles. The normalized spacial score (nSPS) is 20.3. The fraction of sp³-hybridized carbons (Fsp3) is 0.611. The molecular weight excluding hydrogens is 340 g/mol. The van der Waals surface area contributed by atoms with E-state index in [4.69, 9.17) is 4.74 Å². The van der Waals surface area contributed by atoms with E-state index in [1.165, 1.54) is 11.4 Å². The van der Waals surface area contributed by atoms with Gasteiger partial charge in [-0.25, -0.2) is 8.42 Å². The Kier molecular flexibility index (Phi) is 6.46. The van der Waals surface area contributed by atoms with E-state index in [9.17, 15) is 13.2 Å². The number of methoxy groups -OCH3 is 1. The first-order valence-corrected chi connectivity index (χ1v) is 10.1. The standard InChI is InChI=1S/C18H28N2O4S/c1-13(2)14(3)19-18(21)15-6-5-11-20(12-15)25(22,23)17-9-7-16(24-4)8-10-17/h7-10,13-15H,5-6,11-12H2,1-4H3,(H,19,21)/t14-,15+/m1/s1. The number of carbonyl (C=O) groups excluding carboxylic acids is 1. The van der Waals surface area contributed by atoms with Crippen LogP contribution < -0.4 is 10.1 Å². The third-order valence-electron chi connectivity index (χ3n) is 4.82. The van der Waals surface area contributed by atoms with Crippen molar-refractivity contribution in [3.63, 3.8) is 0 Å². The Balaban J connectivity index is 2.09. The summed E-state index contributed by atoms with van der Waals surface area (Å²) in [6, 6.07) is 6.41. The van der Waals surface area contributed by atoms with Gasteiger partial charge in [-0.1, -0.05) is 13.8 Å². The van der Waals surface area contributed by atoms with Gasteiger partial charge in [0.05, 0.1) is 17.9 Å². The van der Waals surface area contributed by atoms with Crippen LogP contribution in [-0.4, -0.2) is 44.9 Å². The number of piperidine rings is 1. The van der Waals surface area contributed by atoms with E-state index < -0.39 is 10.0 Å². The Morgan fingerprint density at radius 1 is 1.24 bits per heavy atom. The number of ether oxygens (including phenoxy) is 1. The minimum absolute atomic E-state index is 0.0594. The van der Waals surface area contributed by atoms with Gasteiger partial charge in [0, 0.05) is 19.1 Å². The topological polar surface area (TPSA) is 75.7 Å². The number of amides is 1. The largest absolute Gasteiger partial charge is 0.497 e. The molecule has 7 heteroatoms. The van der Waals surface area contributed by atoms with Gasteiger partial charge in [0.1, 0.15) is 5.75 Å². The monoisotopic (exact) mass is 368 g/mol. The maximum absolute atomic E-state index is 12.8. The van der Waals surface area contributed by atoms with Gasteiger partial charge in [-0.15, -0.1) is 0 Å². The first-order chi connectivity index (χ1) is 11.8. The molecule has 2 atom stereocenters. The average Bonchev–Trinajstić information content (AvgIpc) is 2.61. The molecule has 0 aromatic heterocycles. The van der Waals surface area contributed by atoms with Crippen molar-refractivity contribution in [2.45, 2.75) is 44.6 Å². The highest BCUT2D eigenvalue weighted by atomic mass is 32.2. The van der Waals surface area contributed by atoms with Crippen LogP contribution >= 0.6 is 0 Å². The molecule has 1 N–H and O–H groups in total. The van der Waals surface area contributed by atoms with Gasteiger partial charge in [0.2, 0.25) is 15.9 Å². The van der Waals surface area contributed by atoms with Crippen LogP contribution in [0.4, 0.5) is 0 Å². The molecule has 1 aliphatic rings. The second kappa shape index (κ2) is 8.19. The van der Waals surface area contributed by atoms with E-state index >= 15 is 0 Å². The maximum atomic E-state index is 12.8. The second-order valence-electron chi connectivity index (χ2n) is 6.92. The molecule has 0 aliphatic carbocycles. The average molecular weight is 368 g/mol. The highest BCUT2D eigenvalue weighted by Gasteiger charge is 2.33. The smallest absolute Gasteiger partial charge is 0.243 e. The van der Waals surface area contributed by atoms with Crippen LogP contribution in [0.2, 0.25) is 0 Å². The minimum Gasteiger partial charge on any atom is -0.497 e. The first-order valence-electron chi connectivity index (χ1n) is 8.70. The van der Waals surface area contributed by atoms with Gasteiger partial charge in [-0.3, -0.25) is 4.79 Å². The summed E-state index contributed by atoms with van der Waals surface area (Å²) in [6.45, 7) is 6.73. The summed E-state index contributed by atoms with van der Waals surface area (Å²) >= 11 is 0. The SMILES string of the molecule is COc1ccc(S(=O)(=O)N2CCC[C@H](C(=O)N[C@H](C)C(C)C)C2)cc1. The van der Waals surface area contributed by atoms with Crippen LogP contribution in [0, 0.1) is 11.8 Å².